The van der Waals surface area contributed by atoms with Crippen LogP contribution >= 0.6 is 0 Å². The van der Waals surface area contributed by atoms with Gasteiger partial charge < -0.3 is 15.0 Å². The number of carbonyl (C=O) groups is 1. The van der Waals surface area contributed by atoms with Crippen LogP contribution in [0.3, 0.4) is 0 Å². The second-order valence-electron chi connectivity index (χ2n) is 4.34. The molecule has 106 valence electrons. The SMILES string of the molecule is CCOC1CC(NC(=O)c2nc[nH]c2C(F)(F)F)C1. The quantitative estimate of drug-likeness (QED) is 0.880. The number of aromatic nitrogens is 2. The Bertz CT molecular complexity index is 452. The number of ether oxygens (including phenoxy) is 1. The first-order valence-electron chi connectivity index (χ1n) is 5.94. The van der Waals surface area contributed by atoms with Gasteiger partial charge in [-0.2, -0.15) is 13.2 Å². The van der Waals surface area contributed by atoms with Gasteiger partial charge in [-0.15, -0.1) is 0 Å². The Morgan fingerprint density at radius 3 is 2.84 bits per heavy atom. The first kappa shape index (κ1) is 13.9. The van der Waals surface area contributed by atoms with Gasteiger partial charge in [0.05, 0.1) is 12.4 Å². The summed E-state index contributed by atoms with van der Waals surface area (Å²) in [6.45, 7) is 2.45. The van der Waals surface area contributed by atoms with Crippen molar-refractivity contribution in [2.24, 2.45) is 0 Å². The van der Waals surface area contributed by atoms with E-state index in [0.717, 1.165) is 6.33 Å². The highest BCUT2D eigenvalue weighted by Gasteiger charge is 2.39. The van der Waals surface area contributed by atoms with E-state index in [2.05, 4.69) is 10.3 Å². The number of alkyl halides is 3. The second kappa shape index (κ2) is 5.20. The third-order valence-electron chi connectivity index (χ3n) is 2.97. The van der Waals surface area contributed by atoms with E-state index in [1.165, 1.54) is 0 Å². The number of H-pyrrole nitrogens is 1. The van der Waals surface area contributed by atoms with E-state index < -0.39 is 23.5 Å². The lowest BCUT2D eigenvalue weighted by Crippen LogP contribution is -2.48. The maximum atomic E-state index is 12.6. The molecule has 1 amide bonds. The van der Waals surface area contributed by atoms with Crippen molar-refractivity contribution >= 4 is 5.91 Å². The second-order valence-corrected chi connectivity index (χ2v) is 4.34. The van der Waals surface area contributed by atoms with Crippen LogP contribution in [0.25, 0.3) is 0 Å². The largest absolute Gasteiger partial charge is 0.433 e. The van der Waals surface area contributed by atoms with Crippen molar-refractivity contribution in [1.82, 2.24) is 15.3 Å². The highest BCUT2D eigenvalue weighted by atomic mass is 19.4. The van der Waals surface area contributed by atoms with Crippen LogP contribution in [0, 0.1) is 0 Å². The van der Waals surface area contributed by atoms with Crippen molar-refractivity contribution in [2.75, 3.05) is 6.61 Å². The van der Waals surface area contributed by atoms with Gasteiger partial charge >= 0.3 is 6.18 Å². The molecule has 8 heteroatoms. The zero-order valence-electron chi connectivity index (χ0n) is 10.3. The minimum Gasteiger partial charge on any atom is -0.378 e. The Kier molecular flexibility index (Phi) is 3.79. The van der Waals surface area contributed by atoms with E-state index in [9.17, 15) is 18.0 Å². The smallest absolute Gasteiger partial charge is 0.378 e. The number of amides is 1. The van der Waals surface area contributed by atoms with Gasteiger partial charge in [0.15, 0.2) is 11.4 Å². The first-order chi connectivity index (χ1) is 8.91. The topological polar surface area (TPSA) is 67.0 Å². The van der Waals surface area contributed by atoms with Crippen LogP contribution in [0.5, 0.6) is 0 Å². The molecule has 1 aliphatic carbocycles. The molecule has 0 aliphatic heterocycles. The third-order valence-corrected chi connectivity index (χ3v) is 2.97. The lowest BCUT2D eigenvalue weighted by Gasteiger charge is -2.35. The number of imidazole rings is 1. The lowest BCUT2D eigenvalue weighted by atomic mass is 9.89. The summed E-state index contributed by atoms with van der Waals surface area (Å²) < 4.78 is 43.0. The normalized spacial score (nSPS) is 22.9. The molecular weight excluding hydrogens is 263 g/mol. The van der Waals surface area contributed by atoms with Crippen LogP contribution < -0.4 is 5.32 Å². The maximum Gasteiger partial charge on any atom is 0.433 e. The Labute approximate surface area is 107 Å². The Morgan fingerprint density at radius 2 is 2.26 bits per heavy atom. The van der Waals surface area contributed by atoms with Gasteiger partial charge in [0.25, 0.3) is 5.91 Å². The summed E-state index contributed by atoms with van der Waals surface area (Å²) in [4.78, 5) is 17.1. The molecule has 0 atom stereocenters. The number of aromatic amines is 1. The van der Waals surface area contributed by atoms with Gasteiger partial charge in [0.2, 0.25) is 0 Å². The predicted molar refractivity (Wildman–Crippen MR) is 59.5 cm³/mol. The molecule has 2 rings (SSSR count). The molecular formula is C11H14F3N3O2. The first-order valence-corrected chi connectivity index (χ1v) is 5.94. The lowest BCUT2D eigenvalue weighted by molar-refractivity contribution is -0.141. The molecule has 1 aliphatic rings. The van der Waals surface area contributed by atoms with Gasteiger partial charge in [-0.25, -0.2) is 4.98 Å². The monoisotopic (exact) mass is 277 g/mol. The van der Waals surface area contributed by atoms with Crippen LogP contribution in [-0.4, -0.2) is 34.6 Å². The van der Waals surface area contributed by atoms with Crippen LogP contribution in [0.1, 0.15) is 35.9 Å². The maximum absolute atomic E-state index is 12.6. The summed E-state index contributed by atoms with van der Waals surface area (Å²) in [7, 11) is 0. The molecule has 0 saturated heterocycles. The van der Waals surface area contributed by atoms with Gasteiger partial charge in [-0.3, -0.25) is 4.79 Å². The van der Waals surface area contributed by atoms with Crippen molar-refractivity contribution < 1.29 is 22.7 Å². The van der Waals surface area contributed by atoms with E-state index in [1.807, 2.05) is 11.9 Å². The molecule has 1 fully saturated rings. The molecule has 1 saturated carbocycles. The molecule has 1 aromatic heterocycles. The highest BCUT2D eigenvalue weighted by Crippen LogP contribution is 2.30. The predicted octanol–water partition coefficient (Wildman–Crippen LogP) is 1.73. The Balaban J connectivity index is 1.93. The van der Waals surface area contributed by atoms with Crippen molar-refractivity contribution in [3.63, 3.8) is 0 Å². The minimum atomic E-state index is -4.61. The van der Waals surface area contributed by atoms with Gasteiger partial charge in [0.1, 0.15) is 0 Å². The summed E-state index contributed by atoms with van der Waals surface area (Å²) in [6.07, 6.45) is -2.44. The van der Waals surface area contributed by atoms with Crippen molar-refractivity contribution in [2.45, 2.75) is 38.1 Å². The Hall–Kier alpha value is -1.57. The number of halogens is 3. The van der Waals surface area contributed by atoms with Crippen LogP contribution in [0.2, 0.25) is 0 Å². The number of nitrogens with one attached hydrogen (secondary N) is 2. The molecule has 1 heterocycles. The van der Waals surface area contributed by atoms with E-state index >= 15 is 0 Å². The molecule has 0 bridgehead atoms. The number of rotatable bonds is 4. The highest BCUT2D eigenvalue weighted by molar-refractivity contribution is 5.93. The molecule has 0 radical (unpaired) electrons. The fourth-order valence-electron chi connectivity index (χ4n) is 1.99. The van der Waals surface area contributed by atoms with Crippen LogP contribution in [0.4, 0.5) is 13.2 Å². The van der Waals surface area contributed by atoms with Gasteiger partial charge in [-0.05, 0) is 19.8 Å². The number of hydrogen-bond donors (Lipinski definition) is 2. The summed E-state index contributed by atoms with van der Waals surface area (Å²) in [5, 5.41) is 2.52. The zero-order chi connectivity index (χ0) is 14.0. The van der Waals surface area contributed by atoms with Crippen molar-refractivity contribution in [1.29, 1.82) is 0 Å². The molecule has 0 aromatic carbocycles. The van der Waals surface area contributed by atoms with Crippen molar-refractivity contribution in [3.05, 3.63) is 17.7 Å². The van der Waals surface area contributed by atoms with E-state index in [-0.39, 0.29) is 12.1 Å². The minimum absolute atomic E-state index is 0.0802. The number of hydrogen-bond acceptors (Lipinski definition) is 3. The van der Waals surface area contributed by atoms with Crippen LogP contribution in [0.15, 0.2) is 6.33 Å². The summed E-state index contributed by atoms with van der Waals surface area (Å²) >= 11 is 0. The molecule has 0 spiro atoms. The average Bonchev–Trinajstić information content (AvgIpc) is 2.74. The van der Waals surface area contributed by atoms with E-state index in [0.29, 0.717) is 19.4 Å². The van der Waals surface area contributed by atoms with Gasteiger partial charge in [-0.1, -0.05) is 0 Å². The molecule has 0 unspecified atom stereocenters. The number of nitrogens with zero attached hydrogens (tertiary/aromatic N) is 1. The van der Waals surface area contributed by atoms with Crippen LogP contribution in [-0.2, 0) is 10.9 Å². The van der Waals surface area contributed by atoms with Crippen molar-refractivity contribution in [3.8, 4) is 0 Å². The number of carbonyl (C=O) groups excluding carboxylic acids is 1. The van der Waals surface area contributed by atoms with E-state index in [4.69, 9.17) is 4.74 Å². The fraction of sp³-hybridized carbons (Fsp3) is 0.636. The standard InChI is InChI=1S/C11H14F3N3O2/c1-2-19-7-3-6(4-7)17-10(18)8-9(11(12,13)14)16-5-15-8/h5-7H,2-4H2,1H3,(H,15,16)(H,17,18). The van der Waals surface area contributed by atoms with E-state index in [1.54, 1.807) is 0 Å². The Morgan fingerprint density at radius 1 is 1.58 bits per heavy atom. The molecule has 5 nitrogen and oxygen atoms in total. The molecule has 2 N–H and O–H groups in total. The summed E-state index contributed by atoms with van der Waals surface area (Å²) in [5.41, 5.74) is -1.74. The summed E-state index contributed by atoms with van der Waals surface area (Å²) in [6, 6.07) is -0.151. The zero-order valence-corrected chi connectivity index (χ0v) is 10.3. The van der Waals surface area contributed by atoms with Gasteiger partial charge in [0, 0.05) is 12.6 Å². The fourth-order valence-corrected chi connectivity index (χ4v) is 1.99. The average molecular weight is 277 g/mol. The third kappa shape index (κ3) is 3.06. The molecule has 19 heavy (non-hydrogen) atoms. The molecule has 1 aromatic rings. The summed E-state index contributed by atoms with van der Waals surface area (Å²) in [5.74, 6) is -0.812.